The molecule has 174 valence electrons. The molecule has 0 bridgehead atoms. The van der Waals surface area contributed by atoms with Crippen LogP contribution in [0, 0.1) is 0 Å². The van der Waals surface area contributed by atoms with Gasteiger partial charge in [0.1, 0.15) is 18.9 Å². The Labute approximate surface area is 204 Å². The Morgan fingerprint density at radius 2 is 1.56 bits per heavy atom. The van der Waals surface area contributed by atoms with Crippen LogP contribution in [0.3, 0.4) is 0 Å². The molecule has 0 amide bonds. The van der Waals surface area contributed by atoms with Gasteiger partial charge in [-0.1, -0.05) is 22.0 Å². The number of carbonyl (C=O) groups excluding carboxylic acids is 3. The summed E-state index contributed by atoms with van der Waals surface area (Å²) >= 11 is 3.37. The minimum absolute atomic E-state index is 0.0312. The highest BCUT2D eigenvalue weighted by Gasteiger charge is 2.31. The van der Waals surface area contributed by atoms with Crippen LogP contribution in [-0.4, -0.2) is 45.2 Å². The first kappa shape index (κ1) is 23.3. The Morgan fingerprint density at radius 1 is 0.912 bits per heavy atom. The summed E-state index contributed by atoms with van der Waals surface area (Å²) in [4.78, 5) is 40.4. The molecule has 2 heterocycles. The Hall–Kier alpha value is -3.85. The zero-order chi connectivity index (χ0) is 24.2. The number of hydrogen-bond donors (Lipinski definition) is 0. The van der Waals surface area contributed by atoms with E-state index in [1.165, 1.54) is 25.2 Å². The van der Waals surface area contributed by atoms with Crippen LogP contribution in [0.2, 0.25) is 0 Å². The molecule has 0 aromatic heterocycles. The average Bonchev–Trinajstić information content (AvgIpc) is 3.10. The van der Waals surface area contributed by atoms with Crippen LogP contribution in [0.25, 0.3) is 0 Å². The molecule has 2 aliphatic heterocycles. The van der Waals surface area contributed by atoms with Crippen molar-refractivity contribution in [3.63, 3.8) is 0 Å². The number of benzene rings is 2. The van der Waals surface area contributed by atoms with Gasteiger partial charge >= 0.3 is 11.9 Å². The van der Waals surface area contributed by atoms with Crippen molar-refractivity contribution < 1.29 is 33.3 Å². The third-order valence-electron chi connectivity index (χ3n) is 5.16. The van der Waals surface area contributed by atoms with Gasteiger partial charge in [0, 0.05) is 22.3 Å². The maximum atomic E-state index is 13.6. The predicted molar refractivity (Wildman–Crippen MR) is 127 cm³/mol. The summed E-state index contributed by atoms with van der Waals surface area (Å²) in [6, 6.07) is 10.1. The molecular formula is C25H20BrNO7. The Bertz CT molecular complexity index is 1240. The number of fused-ring (bicyclic) bond motifs is 1. The number of ketones is 1. The minimum atomic E-state index is -0.784. The van der Waals surface area contributed by atoms with Crippen molar-refractivity contribution in [1.82, 2.24) is 0 Å². The van der Waals surface area contributed by atoms with Crippen LogP contribution >= 0.6 is 15.9 Å². The van der Waals surface area contributed by atoms with Crippen LogP contribution in [0.15, 0.2) is 76.6 Å². The molecule has 4 rings (SSSR count). The number of hydrogen-bond acceptors (Lipinski definition) is 8. The van der Waals surface area contributed by atoms with Gasteiger partial charge in [0.15, 0.2) is 17.3 Å². The molecule has 0 spiro atoms. The summed E-state index contributed by atoms with van der Waals surface area (Å²) < 4.78 is 22.1. The largest absolute Gasteiger partial charge is 0.486 e. The number of allylic oxidation sites excluding steroid dienone is 2. The first-order valence-corrected chi connectivity index (χ1v) is 11.0. The van der Waals surface area contributed by atoms with Gasteiger partial charge in [-0.25, -0.2) is 9.59 Å². The van der Waals surface area contributed by atoms with Crippen molar-refractivity contribution in [3.05, 3.63) is 87.7 Å². The summed E-state index contributed by atoms with van der Waals surface area (Å²) in [7, 11) is 2.42. The topological polar surface area (TPSA) is 91.4 Å². The van der Waals surface area contributed by atoms with Crippen LogP contribution in [-0.2, 0) is 19.1 Å². The fourth-order valence-corrected chi connectivity index (χ4v) is 3.83. The van der Waals surface area contributed by atoms with Crippen molar-refractivity contribution in [2.45, 2.75) is 0 Å². The Morgan fingerprint density at radius 3 is 2.21 bits per heavy atom. The maximum absolute atomic E-state index is 13.6. The molecule has 9 heteroatoms. The highest BCUT2D eigenvalue weighted by atomic mass is 79.9. The van der Waals surface area contributed by atoms with Gasteiger partial charge in [-0.3, -0.25) is 4.79 Å². The normalized spacial score (nSPS) is 14.5. The number of methoxy groups -OCH3 is 2. The number of anilines is 1. The molecule has 0 aliphatic carbocycles. The maximum Gasteiger partial charge on any atom is 0.355 e. The molecule has 0 radical (unpaired) electrons. The second kappa shape index (κ2) is 9.96. The van der Waals surface area contributed by atoms with E-state index in [1.54, 1.807) is 54.8 Å². The molecule has 0 atom stereocenters. The van der Waals surface area contributed by atoms with Crippen molar-refractivity contribution in [3.8, 4) is 11.5 Å². The van der Waals surface area contributed by atoms with E-state index >= 15 is 0 Å². The summed E-state index contributed by atoms with van der Waals surface area (Å²) in [5.74, 6) is -1.02. The van der Waals surface area contributed by atoms with Crippen LogP contribution in [0.5, 0.6) is 11.5 Å². The Kier molecular flexibility index (Phi) is 6.83. The minimum Gasteiger partial charge on any atom is -0.486 e. The SMILES string of the molecule is COC(=O)C1=C(C(=O)OC)N(c2cc3c(cc2C(=O)c2ccc(Br)cc2)OCCO3)C=CC=C1. The number of halogens is 1. The summed E-state index contributed by atoms with van der Waals surface area (Å²) in [5.41, 5.74) is 0.828. The lowest BCUT2D eigenvalue weighted by atomic mass is 9.99. The predicted octanol–water partition coefficient (Wildman–Crippen LogP) is 3.94. The van der Waals surface area contributed by atoms with E-state index < -0.39 is 11.9 Å². The highest BCUT2D eigenvalue weighted by Crippen LogP contribution is 2.40. The third-order valence-corrected chi connectivity index (χ3v) is 5.69. The zero-order valence-electron chi connectivity index (χ0n) is 18.4. The molecule has 2 aliphatic rings. The lowest BCUT2D eigenvalue weighted by Crippen LogP contribution is -2.28. The van der Waals surface area contributed by atoms with E-state index in [1.807, 2.05) is 0 Å². The lowest BCUT2D eigenvalue weighted by molar-refractivity contribution is -0.139. The van der Waals surface area contributed by atoms with Gasteiger partial charge in [-0.05, 0) is 42.5 Å². The van der Waals surface area contributed by atoms with E-state index in [-0.39, 0.29) is 22.6 Å². The highest BCUT2D eigenvalue weighted by molar-refractivity contribution is 9.10. The second-order valence-corrected chi connectivity index (χ2v) is 8.08. The van der Waals surface area contributed by atoms with Gasteiger partial charge in [0.2, 0.25) is 0 Å². The monoisotopic (exact) mass is 525 g/mol. The van der Waals surface area contributed by atoms with Crippen molar-refractivity contribution >= 4 is 39.3 Å². The molecule has 2 aromatic carbocycles. The standard InChI is InChI=1S/C25H20BrNO7/c1-31-24(29)17-5-3-4-10-27(22(17)25(30)32-2)19-14-21-20(33-11-12-34-21)13-18(19)23(28)15-6-8-16(26)9-7-15/h3-10,13-14H,11-12H2,1-2H3. The number of esters is 2. The third kappa shape index (κ3) is 4.47. The summed E-state index contributed by atoms with van der Waals surface area (Å²) in [6.45, 7) is 0.669. The average molecular weight is 526 g/mol. The molecule has 2 aromatic rings. The molecule has 0 fully saturated rings. The first-order valence-electron chi connectivity index (χ1n) is 10.2. The Balaban J connectivity index is 1.96. The van der Waals surface area contributed by atoms with Gasteiger partial charge in [0.05, 0.1) is 31.0 Å². The zero-order valence-corrected chi connectivity index (χ0v) is 20.0. The van der Waals surface area contributed by atoms with E-state index in [0.29, 0.717) is 36.0 Å². The molecule has 8 nitrogen and oxygen atoms in total. The molecular weight excluding hydrogens is 506 g/mol. The van der Waals surface area contributed by atoms with E-state index in [0.717, 1.165) is 4.47 Å². The summed E-state index contributed by atoms with van der Waals surface area (Å²) in [5, 5.41) is 0. The molecule has 0 N–H and O–H groups in total. The quantitative estimate of drug-likeness (QED) is 0.428. The van der Waals surface area contributed by atoms with E-state index in [4.69, 9.17) is 18.9 Å². The summed E-state index contributed by atoms with van der Waals surface area (Å²) in [6.07, 6.45) is 6.22. The number of carbonyl (C=O) groups is 3. The molecule has 0 unspecified atom stereocenters. The number of rotatable bonds is 5. The molecule has 34 heavy (non-hydrogen) atoms. The van der Waals surface area contributed by atoms with Crippen LogP contribution in [0.1, 0.15) is 15.9 Å². The number of nitrogens with zero attached hydrogens (tertiary/aromatic N) is 1. The fraction of sp³-hybridized carbons (Fsp3) is 0.160. The van der Waals surface area contributed by atoms with E-state index in [2.05, 4.69) is 15.9 Å². The van der Waals surface area contributed by atoms with Gasteiger partial charge in [-0.15, -0.1) is 0 Å². The number of ether oxygens (including phenoxy) is 4. The van der Waals surface area contributed by atoms with Gasteiger partial charge in [0.25, 0.3) is 0 Å². The van der Waals surface area contributed by atoms with Crippen LogP contribution in [0.4, 0.5) is 5.69 Å². The first-order chi connectivity index (χ1) is 16.4. The van der Waals surface area contributed by atoms with Crippen LogP contribution < -0.4 is 14.4 Å². The van der Waals surface area contributed by atoms with Gasteiger partial charge in [-0.2, -0.15) is 0 Å². The molecule has 0 saturated heterocycles. The van der Waals surface area contributed by atoms with Gasteiger partial charge < -0.3 is 23.8 Å². The van der Waals surface area contributed by atoms with Crippen molar-refractivity contribution in [2.75, 3.05) is 32.3 Å². The van der Waals surface area contributed by atoms with Crippen molar-refractivity contribution in [2.24, 2.45) is 0 Å². The second-order valence-electron chi connectivity index (χ2n) is 7.17. The lowest BCUT2D eigenvalue weighted by Gasteiger charge is -2.27. The fourth-order valence-electron chi connectivity index (χ4n) is 3.57. The smallest absolute Gasteiger partial charge is 0.355 e. The van der Waals surface area contributed by atoms with E-state index in [9.17, 15) is 14.4 Å². The molecule has 0 saturated carbocycles. The van der Waals surface area contributed by atoms with Crippen molar-refractivity contribution in [1.29, 1.82) is 0 Å².